The van der Waals surface area contributed by atoms with Crippen LogP contribution in [0.2, 0.25) is 0 Å². The lowest BCUT2D eigenvalue weighted by atomic mass is 10.1. The second-order valence-electron chi connectivity index (χ2n) is 5.92. The summed E-state index contributed by atoms with van der Waals surface area (Å²) in [5.74, 6) is 0.374. The van der Waals surface area contributed by atoms with E-state index in [9.17, 15) is 9.59 Å². The van der Waals surface area contributed by atoms with Gasteiger partial charge in [-0.15, -0.1) is 0 Å². The molecule has 0 aliphatic carbocycles. The molecule has 0 bridgehead atoms. The fourth-order valence-corrected chi connectivity index (χ4v) is 2.68. The standard InChI is InChI=1S/C19H21N3O3/c1-3-22(11-14-7-5-4-6-13(14)2)19(24)20-15-8-9-16-17(10-15)25-12-18(23)21-16/h4-10H,3,11-12H2,1-2H3,(H,20,24)(H,21,23). The van der Waals surface area contributed by atoms with Crippen LogP contribution in [-0.2, 0) is 11.3 Å². The third-order valence-corrected chi connectivity index (χ3v) is 4.16. The maximum Gasteiger partial charge on any atom is 0.322 e. The van der Waals surface area contributed by atoms with Crippen molar-refractivity contribution in [3.8, 4) is 5.75 Å². The second kappa shape index (κ2) is 7.25. The number of carbonyl (C=O) groups excluding carboxylic acids is 2. The lowest BCUT2D eigenvalue weighted by molar-refractivity contribution is -0.118. The van der Waals surface area contributed by atoms with Crippen molar-refractivity contribution < 1.29 is 14.3 Å². The summed E-state index contributed by atoms with van der Waals surface area (Å²) < 4.78 is 5.38. The van der Waals surface area contributed by atoms with Gasteiger partial charge in [0, 0.05) is 24.8 Å². The molecule has 0 fully saturated rings. The largest absolute Gasteiger partial charge is 0.482 e. The lowest BCUT2D eigenvalue weighted by Gasteiger charge is -2.23. The van der Waals surface area contributed by atoms with E-state index in [-0.39, 0.29) is 18.5 Å². The fourth-order valence-electron chi connectivity index (χ4n) is 2.68. The minimum atomic E-state index is -0.181. The molecule has 0 radical (unpaired) electrons. The van der Waals surface area contributed by atoms with Crippen molar-refractivity contribution in [3.63, 3.8) is 0 Å². The van der Waals surface area contributed by atoms with Crippen molar-refractivity contribution in [1.29, 1.82) is 0 Å². The van der Waals surface area contributed by atoms with Gasteiger partial charge in [0.05, 0.1) is 5.69 Å². The summed E-state index contributed by atoms with van der Waals surface area (Å²) in [6.45, 7) is 5.11. The summed E-state index contributed by atoms with van der Waals surface area (Å²) in [5.41, 5.74) is 3.52. The van der Waals surface area contributed by atoms with Crippen LogP contribution >= 0.6 is 0 Å². The van der Waals surface area contributed by atoms with Crippen LogP contribution in [0, 0.1) is 6.92 Å². The Hall–Kier alpha value is -3.02. The first-order valence-electron chi connectivity index (χ1n) is 8.24. The van der Waals surface area contributed by atoms with Gasteiger partial charge < -0.3 is 20.3 Å². The first kappa shape index (κ1) is 16.8. The zero-order valence-electron chi connectivity index (χ0n) is 14.3. The van der Waals surface area contributed by atoms with Gasteiger partial charge in [-0.2, -0.15) is 0 Å². The van der Waals surface area contributed by atoms with Gasteiger partial charge in [-0.25, -0.2) is 4.79 Å². The molecule has 0 saturated heterocycles. The van der Waals surface area contributed by atoms with Crippen LogP contribution in [0.25, 0.3) is 0 Å². The van der Waals surface area contributed by atoms with Crippen molar-refractivity contribution in [1.82, 2.24) is 4.90 Å². The third-order valence-electron chi connectivity index (χ3n) is 4.16. The Morgan fingerprint density at radius 3 is 2.84 bits per heavy atom. The molecule has 0 spiro atoms. The van der Waals surface area contributed by atoms with Gasteiger partial charge in [0.2, 0.25) is 0 Å². The molecule has 130 valence electrons. The molecule has 2 N–H and O–H groups in total. The number of fused-ring (bicyclic) bond motifs is 1. The van der Waals surface area contributed by atoms with Gasteiger partial charge in [-0.3, -0.25) is 4.79 Å². The number of nitrogens with zero attached hydrogens (tertiary/aromatic N) is 1. The average Bonchev–Trinajstić information content (AvgIpc) is 2.61. The Morgan fingerprint density at radius 1 is 1.28 bits per heavy atom. The van der Waals surface area contributed by atoms with Gasteiger partial charge in [0.15, 0.2) is 6.61 Å². The van der Waals surface area contributed by atoms with Crippen LogP contribution in [-0.4, -0.2) is 30.0 Å². The summed E-state index contributed by atoms with van der Waals surface area (Å²) in [7, 11) is 0. The van der Waals surface area contributed by atoms with E-state index < -0.39 is 0 Å². The Bertz CT molecular complexity index is 804. The third kappa shape index (κ3) is 3.91. The zero-order chi connectivity index (χ0) is 17.8. The Labute approximate surface area is 146 Å². The van der Waals surface area contributed by atoms with E-state index >= 15 is 0 Å². The predicted octanol–water partition coefficient (Wildman–Crippen LogP) is 3.38. The maximum atomic E-state index is 12.6. The molecule has 6 nitrogen and oxygen atoms in total. The molecule has 2 aromatic rings. The number of amides is 3. The summed E-state index contributed by atoms with van der Waals surface area (Å²) in [6.07, 6.45) is 0. The molecular formula is C19H21N3O3. The summed E-state index contributed by atoms with van der Waals surface area (Å²) in [4.78, 5) is 25.6. The highest BCUT2D eigenvalue weighted by Crippen LogP contribution is 2.30. The van der Waals surface area contributed by atoms with Crippen molar-refractivity contribution in [2.24, 2.45) is 0 Å². The smallest absolute Gasteiger partial charge is 0.322 e. The molecule has 0 unspecified atom stereocenters. The molecule has 3 rings (SSSR count). The minimum absolute atomic E-state index is 0.0151. The minimum Gasteiger partial charge on any atom is -0.482 e. The Morgan fingerprint density at radius 2 is 2.08 bits per heavy atom. The fraction of sp³-hybridized carbons (Fsp3) is 0.263. The maximum absolute atomic E-state index is 12.6. The topological polar surface area (TPSA) is 70.7 Å². The molecule has 1 heterocycles. The molecule has 1 aliphatic heterocycles. The number of ether oxygens (including phenoxy) is 1. The van der Waals surface area contributed by atoms with Crippen LogP contribution in [0.1, 0.15) is 18.1 Å². The van der Waals surface area contributed by atoms with Crippen LogP contribution in [0.3, 0.4) is 0 Å². The number of rotatable bonds is 4. The van der Waals surface area contributed by atoms with Crippen LogP contribution in [0.4, 0.5) is 16.2 Å². The van der Waals surface area contributed by atoms with E-state index in [2.05, 4.69) is 10.6 Å². The molecule has 1 aliphatic rings. The van der Waals surface area contributed by atoms with Crippen molar-refractivity contribution in [3.05, 3.63) is 53.6 Å². The second-order valence-corrected chi connectivity index (χ2v) is 5.92. The Kier molecular flexibility index (Phi) is 4.88. The molecular weight excluding hydrogens is 318 g/mol. The number of carbonyl (C=O) groups is 2. The van der Waals surface area contributed by atoms with Crippen LogP contribution < -0.4 is 15.4 Å². The molecule has 0 atom stereocenters. The average molecular weight is 339 g/mol. The zero-order valence-corrected chi connectivity index (χ0v) is 14.3. The van der Waals surface area contributed by atoms with Gasteiger partial charge in [-0.1, -0.05) is 24.3 Å². The monoisotopic (exact) mass is 339 g/mol. The van der Waals surface area contributed by atoms with Gasteiger partial charge in [0.25, 0.3) is 5.91 Å². The van der Waals surface area contributed by atoms with E-state index in [4.69, 9.17) is 4.74 Å². The number of benzene rings is 2. The molecule has 0 saturated carbocycles. The van der Waals surface area contributed by atoms with Crippen LogP contribution in [0.5, 0.6) is 5.75 Å². The number of nitrogens with one attached hydrogen (secondary N) is 2. The first-order chi connectivity index (χ1) is 12.1. The number of aryl methyl sites for hydroxylation is 1. The number of hydrogen-bond donors (Lipinski definition) is 2. The summed E-state index contributed by atoms with van der Waals surface area (Å²) >= 11 is 0. The van der Waals surface area contributed by atoms with E-state index in [1.165, 1.54) is 0 Å². The number of hydrogen-bond acceptors (Lipinski definition) is 3. The highest BCUT2D eigenvalue weighted by atomic mass is 16.5. The van der Waals surface area contributed by atoms with E-state index in [0.717, 1.165) is 11.1 Å². The quantitative estimate of drug-likeness (QED) is 0.897. The van der Waals surface area contributed by atoms with Crippen LogP contribution in [0.15, 0.2) is 42.5 Å². The Balaban J connectivity index is 1.70. The number of urea groups is 1. The van der Waals surface area contributed by atoms with Gasteiger partial charge >= 0.3 is 6.03 Å². The summed E-state index contributed by atoms with van der Waals surface area (Å²) in [6, 6.07) is 13.0. The van der Waals surface area contributed by atoms with Gasteiger partial charge in [0.1, 0.15) is 5.75 Å². The normalized spacial score (nSPS) is 12.6. The molecule has 25 heavy (non-hydrogen) atoms. The molecule has 2 aromatic carbocycles. The van der Waals surface area contributed by atoms with Crippen molar-refractivity contribution in [2.75, 3.05) is 23.8 Å². The van der Waals surface area contributed by atoms with Gasteiger partial charge in [-0.05, 0) is 37.1 Å². The van der Waals surface area contributed by atoms with E-state index in [1.54, 1.807) is 23.1 Å². The number of anilines is 2. The highest BCUT2D eigenvalue weighted by Gasteiger charge is 2.18. The predicted molar refractivity (Wildman–Crippen MR) is 96.8 cm³/mol. The SMILES string of the molecule is CCN(Cc1ccccc1C)C(=O)Nc1ccc2c(c1)OCC(=O)N2. The highest BCUT2D eigenvalue weighted by molar-refractivity contribution is 5.96. The molecule has 6 heteroatoms. The first-order valence-corrected chi connectivity index (χ1v) is 8.24. The molecule has 0 aromatic heterocycles. The lowest BCUT2D eigenvalue weighted by Crippen LogP contribution is -2.34. The molecule has 3 amide bonds. The van der Waals surface area contributed by atoms with E-state index in [1.807, 2.05) is 38.1 Å². The van der Waals surface area contributed by atoms with E-state index in [0.29, 0.717) is 30.2 Å². The van der Waals surface area contributed by atoms with Crippen molar-refractivity contribution in [2.45, 2.75) is 20.4 Å². The van der Waals surface area contributed by atoms with Crippen molar-refractivity contribution >= 4 is 23.3 Å². The summed E-state index contributed by atoms with van der Waals surface area (Å²) in [5, 5.41) is 5.61.